The molecule has 0 bridgehead atoms. The molecule has 0 saturated carbocycles. The van der Waals surface area contributed by atoms with Crippen LogP contribution in [-0.4, -0.2) is 10.3 Å². The molecule has 76 valence electrons. The van der Waals surface area contributed by atoms with E-state index in [9.17, 15) is 0 Å². The van der Waals surface area contributed by atoms with Crippen molar-refractivity contribution in [3.05, 3.63) is 41.4 Å². The fourth-order valence-electron chi connectivity index (χ4n) is 1.98. The lowest BCUT2D eigenvalue weighted by Crippen LogP contribution is -2.01. The van der Waals surface area contributed by atoms with Gasteiger partial charge in [-0.05, 0) is 31.5 Å². The van der Waals surface area contributed by atoms with Crippen LogP contribution in [0.25, 0.3) is 5.88 Å². The molecule has 3 rings (SSSR count). The molecule has 0 N–H and O–H groups in total. The Morgan fingerprint density at radius 1 is 1.40 bits per heavy atom. The van der Waals surface area contributed by atoms with Crippen LogP contribution in [0.5, 0.6) is 0 Å². The predicted octanol–water partition coefficient (Wildman–Crippen LogP) is 2.70. The molecule has 1 aliphatic rings. The van der Waals surface area contributed by atoms with Gasteiger partial charge in [0.25, 0.3) is 0 Å². The predicted molar refractivity (Wildman–Crippen MR) is 58.7 cm³/mol. The summed E-state index contributed by atoms with van der Waals surface area (Å²) in [6.45, 7) is 4.81. The highest BCUT2D eigenvalue weighted by Gasteiger charge is 2.18. The van der Waals surface area contributed by atoms with Gasteiger partial charge in [0, 0.05) is 11.8 Å². The molecule has 0 saturated heterocycles. The van der Waals surface area contributed by atoms with Crippen molar-refractivity contribution in [2.75, 3.05) is 0 Å². The molecule has 1 aliphatic heterocycles. The summed E-state index contributed by atoms with van der Waals surface area (Å²) in [6.07, 6.45) is 3.81. The number of hydrogen-bond donors (Lipinski definition) is 0. The monoisotopic (exact) mass is 200 g/mol. The minimum atomic E-state index is 0.713. The lowest BCUT2D eigenvalue weighted by atomic mass is 10.2. The van der Waals surface area contributed by atoms with E-state index < -0.39 is 0 Å². The van der Waals surface area contributed by atoms with Gasteiger partial charge in [0.05, 0.1) is 24.2 Å². The summed E-state index contributed by atoms with van der Waals surface area (Å²) in [5.74, 6) is 0.910. The van der Waals surface area contributed by atoms with Gasteiger partial charge in [-0.3, -0.25) is 9.56 Å². The Hall–Kier alpha value is -1.77. The van der Waals surface area contributed by atoms with Crippen molar-refractivity contribution in [2.24, 2.45) is 4.99 Å². The van der Waals surface area contributed by atoms with Crippen molar-refractivity contribution < 1.29 is 4.42 Å². The van der Waals surface area contributed by atoms with Crippen LogP contribution in [0, 0.1) is 6.92 Å². The Labute approximate surface area is 88.1 Å². The summed E-state index contributed by atoms with van der Waals surface area (Å²) in [5.41, 5.74) is 4.53. The number of rotatable bonds is 0. The second kappa shape index (κ2) is 2.86. The van der Waals surface area contributed by atoms with E-state index >= 15 is 0 Å². The zero-order valence-electron chi connectivity index (χ0n) is 8.82. The van der Waals surface area contributed by atoms with E-state index in [2.05, 4.69) is 22.5 Å². The molecule has 3 heterocycles. The van der Waals surface area contributed by atoms with Crippen molar-refractivity contribution in [2.45, 2.75) is 20.4 Å². The largest absolute Gasteiger partial charge is 0.447 e. The van der Waals surface area contributed by atoms with Crippen molar-refractivity contribution in [3.8, 4) is 5.88 Å². The average molecular weight is 200 g/mol. The number of aliphatic imine (C=N–C) groups is 1. The molecule has 3 nitrogen and oxygen atoms in total. The van der Waals surface area contributed by atoms with Gasteiger partial charge in [0.15, 0.2) is 0 Å². The Bertz CT molecular complexity index is 546. The van der Waals surface area contributed by atoms with E-state index in [4.69, 9.17) is 4.42 Å². The van der Waals surface area contributed by atoms with Crippen LogP contribution in [-0.2, 0) is 6.54 Å². The number of nitrogens with zero attached hydrogens (tertiary/aromatic N) is 2. The summed E-state index contributed by atoms with van der Waals surface area (Å²) >= 11 is 0. The maximum absolute atomic E-state index is 5.59. The number of fused-ring (bicyclic) bond motifs is 3. The quantitative estimate of drug-likeness (QED) is 0.643. The van der Waals surface area contributed by atoms with Crippen LogP contribution < -0.4 is 0 Å². The minimum Gasteiger partial charge on any atom is -0.447 e. The maximum Gasteiger partial charge on any atom is 0.209 e. The van der Waals surface area contributed by atoms with Crippen LogP contribution in [0.4, 0.5) is 0 Å². The molecule has 0 fully saturated rings. The van der Waals surface area contributed by atoms with Gasteiger partial charge >= 0.3 is 0 Å². The molecule has 2 aromatic rings. The highest BCUT2D eigenvalue weighted by atomic mass is 16.3. The van der Waals surface area contributed by atoms with Crippen LogP contribution in [0.3, 0.4) is 0 Å². The summed E-state index contributed by atoms with van der Waals surface area (Å²) in [5, 5.41) is 0. The van der Waals surface area contributed by atoms with Crippen LogP contribution in [0.15, 0.2) is 34.0 Å². The van der Waals surface area contributed by atoms with Crippen LogP contribution >= 0.6 is 0 Å². The summed E-state index contributed by atoms with van der Waals surface area (Å²) < 4.78 is 7.65. The number of aromatic nitrogens is 1. The zero-order chi connectivity index (χ0) is 10.4. The maximum atomic E-state index is 5.59. The summed E-state index contributed by atoms with van der Waals surface area (Å²) in [6, 6.07) is 4.08. The third kappa shape index (κ3) is 1.09. The Balaban J connectivity index is 2.34. The summed E-state index contributed by atoms with van der Waals surface area (Å²) in [7, 11) is 0. The first kappa shape index (κ1) is 8.53. The van der Waals surface area contributed by atoms with E-state index in [1.54, 1.807) is 6.26 Å². The van der Waals surface area contributed by atoms with Gasteiger partial charge in [-0.15, -0.1) is 0 Å². The molecule has 2 aromatic heterocycles. The molecule has 0 aromatic carbocycles. The van der Waals surface area contributed by atoms with Crippen molar-refractivity contribution in [3.63, 3.8) is 0 Å². The molecular weight excluding hydrogens is 188 g/mol. The van der Waals surface area contributed by atoms with E-state index in [0.717, 1.165) is 17.3 Å². The topological polar surface area (TPSA) is 30.4 Å². The van der Waals surface area contributed by atoms with E-state index in [-0.39, 0.29) is 0 Å². The lowest BCUT2D eigenvalue weighted by Gasteiger charge is -2.03. The SMILES string of the molecule is CC1=NCc2c(C)coc2-n2cccc21. The van der Waals surface area contributed by atoms with E-state index in [1.807, 2.05) is 19.2 Å². The number of aryl methyl sites for hydroxylation is 1. The average Bonchev–Trinajstić information content (AvgIpc) is 2.78. The molecule has 0 atom stereocenters. The lowest BCUT2D eigenvalue weighted by molar-refractivity contribution is 0.534. The molecule has 15 heavy (non-hydrogen) atoms. The Kier molecular flexibility index (Phi) is 1.63. The van der Waals surface area contributed by atoms with Crippen molar-refractivity contribution in [1.82, 2.24) is 4.57 Å². The van der Waals surface area contributed by atoms with E-state index in [0.29, 0.717) is 6.54 Å². The first-order valence-electron chi connectivity index (χ1n) is 5.03. The van der Waals surface area contributed by atoms with Crippen molar-refractivity contribution in [1.29, 1.82) is 0 Å². The zero-order valence-corrected chi connectivity index (χ0v) is 8.82. The number of hydrogen-bond acceptors (Lipinski definition) is 2. The standard InChI is InChI=1S/C12H12N2O/c1-8-7-15-12-10(8)6-13-9(2)11-4-3-5-14(11)12/h3-5,7H,6H2,1-2H3. The smallest absolute Gasteiger partial charge is 0.209 e. The van der Waals surface area contributed by atoms with Crippen molar-refractivity contribution >= 4 is 5.71 Å². The van der Waals surface area contributed by atoms with Gasteiger partial charge in [0.1, 0.15) is 0 Å². The third-order valence-electron chi connectivity index (χ3n) is 2.89. The molecule has 0 amide bonds. The number of furan rings is 1. The molecule has 3 heteroatoms. The van der Waals surface area contributed by atoms with E-state index in [1.165, 1.54) is 11.1 Å². The highest BCUT2D eigenvalue weighted by Crippen LogP contribution is 2.26. The molecule has 0 radical (unpaired) electrons. The van der Waals surface area contributed by atoms with Crippen LogP contribution in [0.1, 0.15) is 23.7 Å². The van der Waals surface area contributed by atoms with Gasteiger partial charge in [-0.25, -0.2) is 0 Å². The van der Waals surface area contributed by atoms with Gasteiger partial charge in [-0.1, -0.05) is 0 Å². The normalized spacial score (nSPS) is 14.1. The molecule has 0 aliphatic carbocycles. The summed E-state index contributed by atoms with van der Waals surface area (Å²) in [4.78, 5) is 4.55. The fourth-order valence-corrected chi connectivity index (χ4v) is 1.98. The first-order chi connectivity index (χ1) is 7.27. The minimum absolute atomic E-state index is 0.713. The molecule has 0 spiro atoms. The Morgan fingerprint density at radius 2 is 2.27 bits per heavy atom. The van der Waals surface area contributed by atoms with Crippen LogP contribution in [0.2, 0.25) is 0 Å². The second-order valence-corrected chi connectivity index (χ2v) is 3.87. The Morgan fingerprint density at radius 3 is 3.13 bits per heavy atom. The third-order valence-corrected chi connectivity index (χ3v) is 2.89. The highest BCUT2D eigenvalue weighted by molar-refractivity contribution is 5.98. The van der Waals surface area contributed by atoms with Gasteiger partial charge in [0.2, 0.25) is 5.88 Å². The fraction of sp³-hybridized carbons (Fsp3) is 0.250. The van der Waals surface area contributed by atoms with Gasteiger partial charge < -0.3 is 4.42 Å². The first-order valence-corrected chi connectivity index (χ1v) is 5.03. The van der Waals surface area contributed by atoms with Gasteiger partial charge in [-0.2, -0.15) is 0 Å². The molecule has 0 unspecified atom stereocenters. The second-order valence-electron chi connectivity index (χ2n) is 3.87. The molecular formula is C12H12N2O.